The number of aromatic nitrogens is 2. The molecule has 2 unspecified atom stereocenters. The van der Waals surface area contributed by atoms with Crippen molar-refractivity contribution in [3.8, 4) is 0 Å². The molecule has 0 aliphatic rings. The van der Waals surface area contributed by atoms with E-state index in [1.807, 2.05) is 26.8 Å². The van der Waals surface area contributed by atoms with Crippen molar-refractivity contribution in [1.29, 1.82) is 0 Å². The number of nitrogens with one attached hydrogen (secondary N) is 1. The van der Waals surface area contributed by atoms with Gasteiger partial charge in [-0.15, -0.1) is 0 Å². The van der Waals surface area contributed by atoms with Crippen LogP contribution >= 0.6 is 15.9 Å². The summed E-state index contributed by atoms with van der Waals surface area (Å²) in [6.07, 6.45) is 0.908. The number of rotatable bonds is 5. The lowest BCUT2D eigenvalue weighted by atomic mass is 10.2. The van der Waals surface area contributed by atoms with Gasteiger partial charge < -0.3 is 5.32 Å². The number of carbonyl (C=O) groups is 1. The molecule has 4 nitrogen and oxygen atoms in total. The van der Waals surface area contributed by atoms with Gasteiger partial charge in [-0.1, -0.05) is 22.9 Å². The van der Waals surface area contributed by atoms with Crippen molar-refractivity contribution in [2.45, 2.75) is 51.5 Å². The second-order valence-corrected chi connectivity index (χ2v) is 5.94. The van der Waals surface area contributed by atoms with E-state index in [0.717, 1.165) is 12.1 Å². The third kappa shape index (κ3) is 4.15. The maximum absolute atomic E-state index is 12.0. The highest BCUT2D eigenvalue weighted by molar-refractivity contribution is 9.09. The Labute approximate surface area is 111 Å². The van der Waals surface area contributed by atoms with Crippen LogP contribution in [0.15, 0.2) is 6.07 Å². The van der Waals surface area contributed by atoms with Crippen molar-refractivity contribution >= 4 is 21.8 Å². The maximum Gasteiger partial charge on any atom is 0.269 e. The second-order valence-electron chi connectivity index (χ2n) is 4.38. The van der Waals surface area contributed by atoms with Crippen LogP contribution in [0.4, 0.5) is 0 Å². The summed E-state index contributed by atoms with van der Waals surface area (Å²) in [6, 6.07) is 1.97. The minimum atomic E-state index is -0.0481. The van der Waals surface area contributed by atoms with E-state index >= 15 is 0 Å². The van der Waals surface area contributed by atoms with Crippen molar-refractivity contribution in [2.75, 3.05) is 0 Å². The third-order valence-electron chi connectivity index (χ3n) is 2.49. The first-order chi connectivity index (χ1) is 7.93. The lowest BCUT2D eigenvalue weighted by Crippen LogP contribution is -2.35. The Hall–Kier alpha value is -0.840. The zero-order valence-electron chi connectivity index (χ0n) is 10.8. The van der Waals surface area contributed by atoms with E-state index in [1.165, 1.54) is 0 Å². The van der Waals surface area contributed by atoms with Crippen LogP contribution < -0.4 is 5.32 Å². The molecule has 1 aromatic rings. The summed E-state index contributed by atoms with van der Waals surface area (Å²) >= 11 is 3.48. The molecule has 1 amide bonds. The molecule has 0 bridgehead atoms. The fraction of sp³-hybridized carbons (Fsp3) is 0.667. The minimum Gasteiger partial charge on any atom is -0.348 e. The SMILES string of the molecule is CCn1nc(C)cc1C(=O)NC(C)CC(C)Br. The predicted octanol–water partition coefficient (Wildman–Crippen LogP) is 2.50. The highest BCUT2D eigenvalue weighted by Gasteiger charge is 2.15. The van der Waals surface area contributed by atoms with Gasteiger partial charge in [-0.25, -0.2) is 0 Å². The van der Waals surface area contributed by atoms with Gasteiger partial charge in [-0.2, -0.15) is 5.10 Å². The van der Waals surface area contributed by atoms with Crippen LogP contribution in [0.1, 0.15) is 43.4 Å². The smallest absolute Gasteiger partial charge is 0.269 e. The van der Waals surface area contributed by atoms with E-state index in [-0.39, 0.29) is 11.9 Å². The predicted molar refractivity (Wildman–Crippen MR) is 72.6 cm³/mol. The third-order valence-corrected chi connectivity index (χ3v) is 2.86. The lowest BCUT2D eigenvalue weighted by molar-refractivity contribution is 0.0928. The summed E-state index contributed by atoms with van der Waals surface area (Å²) in [5.74, 6) is -0.0481. The Morgan fingerprint density at radius 1 is 1.59 bits per heavy atom. The molecule has 96 valence electrons. The molecular weight excluding hydrogens is 282 g/mol. The first kappa shape index (κ1) is 14.2. The summed E-state index contributed by atoms with van der Waals surface area (Å²) in [4.78, 5) is 12.4. The van der Waals surface area contributed by atoms with Crippen LogP contribution in [-0.2, 0) is 6.54 Å². The Balaban J connectivity index is 2.69. The number of nitrogens with zero attached hydrogens (tertiary/aromatic N) is 2. The van der Waals surface area contributed by atoms with Crippen LogP contribution in [-0.4, -0.2) is 26.6 Å². The van der Waals surface area contributed by atoms with Crippen LogP contribution in [0, 0.1) is 6.92 Å². The summed E-state index contributed by atoms with van der Waals surface area (Å²) in [5.41, 5.74) is 1.51. The van der Waals surface area contributed by atoms with Crippen LogP contribution in [0.3, 0.4) is 0 Å². The van der Waals surface area contributed by atoms with Gasteiger partial charge in [0.2, 0.25) is 0 Å². The number of alkyl halides is 1. The van der Waals surface area contributed by atoms with Crippen LogP contribution in [0.5, 0.6) is 0 Å². The van der Waals surface area contributed by atoms with Crippen LogP contribution in [0.2, 0.25) is 0 Å². The Morgan fingerprint density at radius 3 is 2.76 bits per heavy atom. The molecule has 1 rings (SSSR count). The molecule has 1 N–H and O–H groups in total. The highest BCUT2D eigenvalue weighted by atomic mass is 79.9. The summed E-state index contributed by atoms with van der Waals surface area (Å²) in [5, 5.41) is 7.25. The standard InChI is InChI=1S/C12H20BrN3O/c1-5-16-11(7-10(4)15-16)12(17)14-9(3)6-8(2)13/h7-9H,5-6H2,1-4H3,(H,14,17). The average molecular weight is 302 g/mol. The van der Waals surface area contributed by atoms with Gasteiger partial charge in [0, 0.05) is 17.4 Å². The van der Waals surface area contributed by atoms with Crippen LogP contribution in [0.25, 0.3) is 0 Å². The van der Waals surface area contributed by atoms with Gasteiger partial charge in [-0.3, -0.25) is 9.48 Å². The Bertz CT molecular complexity index is 387. The fourth-order valence-electron chi connectivity index (χ4n) is 1.81. The topological polar surface area (TPSA) is 46.9 Å². The molecule has 0 fully saturated rings. The van der Waals surface area contributed by atoms with E-state index in [2.05, 4.69) is 33.3 Å². The fourth-order valence-corrected chi connectivity index (χ4v) is 2.37. The number of amides is 1. The molecule has 0 aliphatic carbocycles. The average Bonchev–Trinajstić information content (AvgIpc) is 2.58. The van der Waals surface area contributed by atoms with E-state index in [0.29, 0.717) is 17.1 Å². The van der Waals surface area contributed by atoms with Gasteiger partial charge in [0.05, 0.1) is 5.69 Å². The number of carbonyl (C=O) groups excluding carboxylic acids is 1. The molecular formula is C12H20BrN3O. The normalized spacial score (nSPS) is 14.4. The van der Waals surface area contributed by atoms with Crippen molar-refractivity contribution in [2.24, 2.45) is 0 Å². The minimum absolute atomic E-state index is 0.0481. The first-order valence-corrected chi connectivity index (χ1v) is 6.85. The van der Waals surface area contributed by atoms with Crippen molar-refractivity contribution in [3.05, 3.63) is 17.5 Å². The first-order valence-electron chi connectivity index (χ1n) is 5.93. The van der Waals surface area contributed by atoms with Crippen molar-refractivity contribution in [3.63, 3.8) is 0 Å². The van der Waals surface area contributed by atoms with Crippen molar-refractivity contribution in [1.82, 2.24) is 15.1 Å². The molecule has 0 radical (unpaired) electrons. The quantitative estimate of drug-likeness (QED) is 0.850. The molecule has 0 aliphatic heterocycles. The van der Waals surface area contributed by atoms with E-state index in [1.54, 1.807) is 4.68 Å². The monoisotopic (exact) mass is 301 g/mol. The van der Waals surface area contributed by atoms with Gasteiger partial charge in [0.1, 0.15) is 5.69 Å². The van der Waals surface area contributed by atoms with Gasteiger partial charge in [0.15, 0.2) is 0 Å². The largest absolute Gasteiger partial charge is 0.348 e. The number of hydrogen-bond donors (Lipinski definition) is 1. The summed E-state index contributed by atoms with van der Waals surface area (Å²) < 4.78 is 1.73. The molecule has 5 heteroatoms. The molecule has 0 saturated carbocycles. The molecule has 0 saturated heterocycles. The number of aryl methyl sites for hydroxylation is 2. The number of hydrogen-bond acceptors (Lipinski definition) is 2. The summed E-state index contributed by atoms with van der Waals surface area (Å²) in [6.45, 7) is 8.66. The Morgan fingerprint density at radius 2 is 2.24 bits per heavy atom. The molecule has 0 aromatic carbocycles. The van der Waals surface area contributed by atoms with E-state index in [9.17, 15) is 4.79 Å². The second kappa shape index (κ2) is 6.19. The Kier molecular flexibility index (Phi) is 5.18. The van der Waals surface area contributed by atoms with Gasteiger partial charge in [-0.05, 0) is 33.3 Å². The zero-order valence-corrected chi connectivity index (χ0v) is 12.4. The van der Waals surface area contributed by atoms with E-state index in [4.69, 9.17) is 0 Å². The van der Waals surface area contributed by atoms with Crippen molar-refractivity contribution < 1.29 is 4.79 Å². The molecule has 1 heterocycles. The lowest BCUT2D eigenvalue weighted by Gasteiger charge is -2.15. The maximum atomic E-state index is 12.0. The molecule has 2 atom stereocenters. The molecule has 1 aromatic heterocycles. The zero-order chi connectivity index (χ0) is 13.0. The molecule has 0 spiro atoms. The molecule has 17 heavy (non-hydrogen) atoms. The van der Waals surface area contributed by atoms with Gasteiger partial charge >= 0.3 is 0 Å². The van der Waals surface area contributed by atoms with Gasteiger partial charge in [0.25, 0.3) is 5.91 Å². The number of halogens is 1. The summed E-state index contributed by atoms with van der Waals surface area (Å²) in [7, 11) is 0. The highest BCUT2D eigenvalue weighted by Crippen LogP contribution is 2.08. The van der Waals surface area contributed by atoms with E-state index < -0.39 is 0 Å².